The van der Waals surface area contributed by atoms with Gasteiger partial charge in [-0.1, -0.05) is 43.8 Å². The van der Waals surface area contributed by atoms with Crippen molar-refractivity contribution in [1.82, 2.24) is 0 Å². The Kier molecular flexibility index (Phi) is 1.76. The van der Waals surface area contributed by atoms with E-state index in [4.69, 9.17) is 0 Å². The minimum absolute atomic E-state index is 0.824. The van der Waals surface area contributed by atoms with E-state index in [0.29, 0.717) is 0 Å². The van der Waals surface area contributed by atoms with Gasteiger partial charge in [-0.15, -0.1) is 0 Å². The Labute approximate surface area is 73.9 Å². The van der Waals surface area contributed by atoms with Gasteiger partial charge in [0.05, 0.1) is 0 Å². The summed E-state index contributed by atoms with van der Waals surface area (Å²) in [6, 6.07) is 8.70. The molecule has 0 heterocycles. The average molecular weight is 158 g/mol. The lowest BCUT2D eigenvalue weighted by molar-refractivity contribution is 0.914. The van der Waals surface area contributed by atoms with Crippen molar-refractivity contribution in [3.63, 3.8) is 0 Å². The second kappa shape index (κ2) is 2.78. The lowest BCUT2D eigenvalue weighted by Gasteiger charge is -1.99. The Bertz CT molecular complexity index is 299. The van der Waals surface area contributed by atoms with Crippen molar-refractivity contribution in [1.29, 1.82) is 0 Å². The highest BCUT2D eigenvalue weighted by molar-refractivity contribution is 5.49. The topological polar surface area (TPSA) is 0 Å². The van der Waals surface area contributed by atoms with E-state index in [1.54, 1.807) is 0 Å². The van der Waals surface area contributed by atoms with E-state index in [-0.39, 0.29) is 0 Å². The van der Waals surface area contributed by atoms with Crippen molar-refractivity contribution in [3.05, 3.63) is 42.0 Å². The maximum atomic E-state index is 3.77. The summed E-state index contributed by atoms with van der Waals surface area (Å²) in [4.78, 5) is 0. The lowest BCUT2D eigenvalue weighted by atomic mass is 10.1. The molecule has 1 saturated carbocycles. The molecule has 0 radical (unpaired) electrons. The van der Waals surface area contributed by atoms with Crippen LogP contribution in [-0.2, 0) is 0 Å². The molecule has 1 aromatic carbocycles. The zero-order chi connectivity index (χ0) is 8.55. The van der Waals surface area contributed by atoms with Crippen LogP contribution in [0.3, 0.4) is 0 Å². The summed E-state index contributed by atoms with van der Waals surface area (Å²) in [5.74, 6) is 1.72. The first-order valence-electron chi connectivity index (χ1n) is 4.53. The van der Waals surface area contributed by atoms with Gasteiger partial charge in [0, 0.05) is 0 Å². The SMILES string of the molecule is C=Cc1cccc(C2CC2C)c1. The normalized spacial score (nSPS) is 26.8. The van der Waals surface area contributed by atoms with E-state index < -0.39 is 0 Å². The van der Waals surface area contributed by atoms with E-state index in [1.807, 2.05) is 6.08 Å². The number of rotatable bonds is 2. The average Bonchev–Trinajstić information content (AvgIpc) is 2.83. The Morgan fingerprint density at radius 3 is 2.83 bits per heavy atom. The third kappa shape index (κ3) is 1.29. The molecule has 0 amide bonds. The molecule has 0 bridgehead atoms. The van der Waals surface area contributed by atoms with Crippen LogP contribution in [0.5, 0.6) is 0 Å². The predicted molar refractivity (Wildman–Crippen MR) is 53.1 cm³/mol. The number of hydrogen-bond acceptors (Lipinski definition) is 0. The van der Waals surface area contributed by atoms with Crippen LogP contribution in [0.1, 0.15) is 30.4 Å². The molecule has 2 unspecified atom stereocenters. The van der Waals surface area contributed by atoms with Crippen molar-refractivity contribution in [2.24, 2.45) is 5.92 Å². The van der Waals surface area contributed by atoms with Gasteiger partial charge in [0.25, 0.3) is 0 Å². The first-order valence-corrected chi connectivity index (χ1v) is 4.53. The molecule has 1 aliphatic rings. The Morgan fingerprint density at radius 2 is 2.25 bits per heavy atom. The molecular formula is C12H14. The summed E-state index contributed by atoms with van der Waals surface area (Å²) in [5, 5.41) is 0. The first kappa shape index (κ1) is 7.60. The third-order valence-electron chi connectivity index (χ3n) is 2.68. The molecule has 2 rings (SSSR count). The second-order valence-corrected chi connectivity index (χ2v) is 3.69. The third-order valence-corrected chi connectivity index (χ3v) is 2.68. The van der Waals surface area contributed by atoms with Crippen molar-refractivity contribution < 1.29 is 0 Å². The zero-order valence-electron chi connectivity index (χ0n) is 7.46. The minimum atomic E-state index is 0.824. The largest absolute Gasteiger partial charge is 0.0985 e. The number of benzene rings is 1. The molecule has 0 aromatic heterocycles. The highest BCUT2D eigenvalue weighted by Gasteiger charge is 2.33. The van der Waals surface area contributed by atoms with Gasteiger partial charge in [-0.3, -0.25) is 0 Å². The van der Waals surface area contributed by atoms with Crippen LogP contribution < -0.4 is 0 Å². The van der Waals surface area contributed by atoms with Crippen LogP contribution in [0.2, 0.25) is 0 Å². The molecule has 0 heteroatoms. The maximum Gasteiger partial charge on any atom is -0.0133 e. The Morgan fingerprint density at radius 1 is 1.50 bits per heavy atom. The molecule has 0 N–H and O–H groups in total. The van der Waals surface area contributed by atoms with Gasteiger partial charge < -0.3 is 0 Å². The second-order valence-electron chi connectivity index (χ2n) is 3.69. The summed E-state index contributed by atoms with van der Waals surface area (Å²) in [5.41, 5.74) is 2.73. The highest BCUT2D eigenvalue weighted by atomic mass is 14.4. The van der Waals surface area contributed by atoms with Crippen LogP contribution in [0.4, 0.5) is 0 Å². The molecule has 2 atom stereocenters. The van der Waals surface area contributed by atoms with Gasteiger partial charge in [-0.25, -0.2) is 0 Å². The van der Waals surface area contributed by atoms with Gasteiger partial charge >= 0.3 is 0 Å². The molecule has 0 nitrogen and oxygen atoms in total. The van der Waals surface area contributed by atoms with Gasteiger partial charge in [-0.05, 0) is 29.4 Å². The van der Waals surface area contributed by atoms with Crippen LogP contribution in [-0.4, -0.2) is 0 Å². The molecule has 1 fully saturated rings. The first-order chi connectivity index (χ1) is 5.81. The minimum Gasteiger partial charge on any atom is -0.0985 e. The van der Waals surface area contributed by atoms with E-state index >= 15 is 0 Å². The van der Waals surface area contributed by atoms with Crippen LogP contribution in [0.15, 0.2) is 30.8 Å². The molecule has 0 aliphatic heterocycles. The van der Waals surface area contributed by atoms with Gasteiger partial charge in [0.15, 0.2) is 0 Å². The fourth-order valence-corrected chi connectivity index (χ4v) is 1.70. The molecule has 62 valence electrons. The van der Waals surface area contributed by atoms with Gasteiger partial charge in [-0.2, -0.15) is 0 Å². The lowest BCUT2D eigenvalue weighted by Crippen LogP contribution is -1.81. The molecule has 12 heavy (non-hydrogen) atoms. The fourth-order valence-electron chi connectivity index (χ4n) is 1.70. The summed E-state index contributed by atoms with van der Waals surface area (Å²) in [6.07, 6.45) is 3.27. The van der Waals surface area contributed by atoms with Crippen molar-refractivity contribution >= 4 is 6.08 Å². The van der Waals surface area contributed by atoms with E-state index in [1.165, 1.54) is 17.5 Å². The molecule has 0 spiro atoms. The molecule has 0 saturated heterocycles. The standard InChI is InChI=1S/C12H14/c1-3-10-5-4-6-11(8-10)12-7-9(12)2/h3-6,8-9,12H,1,7H2,2H3. The maximum absolute atomic E-state index is 3.77. The van der Waals surface area contributed by atoms with E-state index in [0.717, 1.165) is 11.8 Å². The van der Waals surface area contributed by atoms with Crippen molar-refractivity contribution in [3.8, 4) is 0 Å². The number of hydrogen-bond donors (Lipinski definition) is 0. The summed E-state index contributed by atoms with van der Waals surface area (Å²) in [7, 11) is 0. The molecule has 1 aromatic rings. The van der Waals surface area contributed by atoms with Gasteiger partial charge in [0.2, 0.25) is 0 Å². The highest BCUT2D eigenvalue weighted by Crippen LogP contribution is 2.46. The van der Waals surface area contributed by atoms with E-state index in [2.05, 4.69) is 37.8 Å². The summed E-state index contributed by atoms with van der Waals surface area (Å²) in [6.45, 7) is 6.08. The van der Waals surface area contributed by atoms with Crippen LogP contribution >= 0.6 is 0 Å². The summed E-state index contributed by atoms with van der Waals surface area (Å²) < 4.78 is 0. The van der Waals surface area contributed by atoms with Crippen LogP contribution in [0.25, 0.3) is 6.08 Å². The monoisotopic (exact) mass is 158 g/mol. The quantitative estimate of drug-likeness (QED) is 0.618. The Hall–Kier alpha value is -1.04. The van der Waals surface area contributed by atoms with Crippen LogP contribution in [0, 0.1) is 5.92 Å². The molecule has 1 aliphatic carbocycles. The van der Waals surface area contributed by atoms with Crippen molar-refractivity contribution in [2.75, 3.05) is 0 Å². The molecular weight excluding hydrogens is 144 g/mol. The zero-order valence-corrected chi connectivity index (χ0v) is 7.46. The predicted octanol–water partition coefficient (Wildman–Crippen LogP) is 3.45. The van der Waals surface area contributed by atoms with Gasteiger partial charge in [0.1, 0.15) is 0 Å². The summed E-state index contributed by atoms with van der Waals surface area (Å²) >= 11 is 0. The Balaban J connectivity index is 2.27. The fraction of sp³-hybridized carbons (Fsp3) is 0.333. The van der Waals surface area contributed by atoms with E-state index in [9.17, 15) is 0 Å². The smallest absolute Gasteiger partial charge is 0.0133 e. The van der Waals surface area contributed by atoms with Crippen molar-refractivity contribution in [2.45, 2.75) is 19.3 Å².